The Morgan fingerprint density at radius 2 is 1.86 bits per heavy atom. The van der Waals surface area contributed by atoms with Crippen LogP contribution in [0.4, 0.5) is 4.79 Å². The molecule has 2 aliphatic rings. The molecule has 0 spiro atoms. The number of hydrogen-bond acceptors (Lipinski definition) is 4. The molecule has 2 fully saturated rings. The van der Waals surface area contributed by atoms with E-state index < -0.39 is 17.8 Å². The van der Waals surface area contributed by atoms with Gasteiger partial charge in [0.1, 0.15) is 17.1 Å². The van der Waals surface area contributed by atoms with Crippen molar-refractivity contribution in [1.29, 1.82) is 0 Å². The number of amides is 4. The Bertz CT molecular complexity index is 1020. The van der Waals surface area contributed by atoms with Crippen LogP contribution in [0.15, 0.2) is 44.8 Å². The number of nitrogens with zero attached hydrogens (tertiary/aromatic N) is 1. The van der Waals surface area contributed by atoms with Crippen molar-refractivity contribution in [3.05, 3.63) is 51.7 Å². The van der Waals surface area contributed by atoms with Crippen LogP contribution in [0.25, 0.3) is 17.4 Å². The molecule has 1 aromatic carbocycles. The molecule has 1 aliphatic carbocycles. The van der Waals surface area contributed by atoms with Crippen molar-refractivity contribution in [1.82, 2.24) is 10.2 Å². The molecule has 29 heavy (non-hydrogen) atoms. The molecule has 1 saturated heterocycles. The highest BCUT2D eigenvalue weighted by Crippen LogP contribution is 2.29. The van der Waals surface area contributed by atoms with Crippen LogP contribution in [0, 0.1) is 6.92 Å². The van der Waals surface area contributed by atoms with Crippen molar-refractivity contribution in [3.63, 3.8) is 0 Å². The number of benzene rings is 1. The quantitative estimate of drug-likeness (QED) is 0.530. The molecule has 0 bridgehead atoms. The fourth-order valence-electron chi connectivity index (χ4n) is 3.87. The summed E-state index contributed by atoms with van der Waals surface area (Å²) < 4.78 is 6.85. The van der Waals surface area contributed by atoms with Gasteiger partial charge in [-0.05, 0) is 55.7 Å². The lowest BCUT2D eigenvalue weighted by Crippen LogP contribution is -2.58. The van der Waals surface area contributed by atoms with Gasteiger partial charge in [0.25, 0.3) is 11.8 Å². The van der Waals surface area contributed by atoms with Crippen LogP contribution in [0.3, 0.4) is 0 Å². The number of barbiturate groups is 1. The molecule has 0 unspecified atom stereocenters. The van der Waals surface area contributed by atoms with Gasteiger partial charge in [0.2, 0.25) is 0 Å². The van der Waals surface area contributed by atoms with E-state index in [0.29, 0.717) is 11.5 Å². The topological polar surface area (TPSA) is 79.6 Å². The largest absolute Gasteiger partial charge is 0.457 e. The molecule has 1 aliphatic heterocycles. The maximum Gasteiger partial charge on any atom is 0.331 e. The van der Waals surface area contributed by atoms with Gasteiger partial charge in [-0.1, -0.05) is 41.3 Å². The summed E-state index contributed by atoms with van der Waals surface area (Å²) in [5, 5.41) is 2.29. The van der Waals surface area contributed by atoms with Crippen LogP contribution in [-0.4, -0.2) is 28.8 Å². The zero-order valence-corrected chi connectivity index (χ0v) is 17.6. The Morgan fingerprint density at radius 1 is 1.10 bits per heavy atom. The van der Waals surface area contributed by atoms with Gasteiger partial charge >= 0.3 is 6.03 Å². The van der Waals surface area contributed by atoms with E-state index in [1.807, 2.05) is 25.1 Å². The number of carbonyl (C=O) groups is 3. The summed E-state index contributed by atoms with van der Waals surface area (Å²) in [6, 6.07) is 8.57. The van der Waals surface area contributed by atoms with E-state index in [9.17, 15) is 14.4 Å². The van der Waals surface area contributed by atoms with E-state index in [1.165, 1.54) is 11.0 Å². The number of hydrogen-bond donors (Lipinski definition) is 1. The van der Waals surface area contributed by atoms with Gasteiger partial charge in [0.05, 0.1) is 0 Å². The zero-order chi connectivity index (χ0) is 20.5. The van der Waals surface area contributed by atoms with Crippen LogP contribution < -0.4 is 5.32 Å². The standard InChI is InChI=1S/C22H21BrN2O4/c1-13-11-14(7-9-18(13)23)19-10-8-16(29-19)12-17-20(26)24-22(28)25(21(17)27)15-5-3-2-4-6-15/h7-12,15H,2-6H2,1H3,(H,24,26,28). The summed E-state index contributed by atoms with van der Waals surface area (Å²) in [6.07, 6.45) is 6.01. The van der Waals surface area contributed by atoms with E-state index in [2.05, 4.69) is 21.2 Å². The Kier molecular flexibility index (Phi) is 5.41. The molecule has 4 amide bonds. The molecule has 2 heterocycles. The number of aryl methyl sites for hydroxylation is 1. The number of urea groups is 1. The van der Waals surface area contributed by atoms with Crippen LogP contribution in [0.1, 0.15) is 43.4 Å². The highest BCUT2D eigenvalue weighted by Gasteiger charge is 2.40. The predicted molar refractivity (Wildman–Crippen MR) is 112 cm³/mol. The van der Waals surface area contributed by atoms with Gasteiger partial charge < -0.3 is 4.42 Å². The van der Waals surface area contributed by atoms with Gasteiger partial charge in [0, 0.05) is 16.1 Å². The molecular weight excluding hydrogens is 436 g/mol. The van der Waals surface area contributed by atoms with Crippen LogP contribution in [-0.2, 0) is 9.59 Å². The van der Waals surface area contributed by atoms with Crippen LogP contribution in [0.5, 0.6) is 0 Å². The first-order valence-electron chi connectivity index (χ1n) is 9.71. The molecule has 4 rings (SSSR count). The molecular formula is C22H21BrN2O4. The molecule has 150 valence electrons. The molecule has 0 radical (unpaired) electrons. The third kappa shape index (κ3) is 3.92. The van der Waals surface area contributed by atoms with Crippen molar-refractivity contribution in [2.45, 2.75) is 45.1 Å². The normalized spacial score (nSPS) is 19.7. The maximum absolute atomic E-state index is 12.9. The Balaban J connectivity index is 1.61. The van der Waals surface area contributed by atoms with Crippen molar-refractivity contribution >= 4 is 39.9 Å². The second-order valence-corrected chi connectivity index (χ2v) is 8.30. The Labute approximate surface area is 177 Å². The van der Waals surface area contributed by atoms with Crippen molar-refractivity contribution in [2.24, 2.45) is 0 Å². The Hall–Kier alpha value is -2.67. The average Bonchev–Trinajstić information content (AvgIpc) is 3.17. The van der Waals surface area contributed by atoms with E-state index in [1.54, 1.807) is 12.1 Å². The van der Waals surface area contributed by atoms with Crippen molar-refractivity contribution in [3.8, 4) is 11.3 Å². The highest BCUT2D eigenvalue weighted by molar-refractivity contribution is 9.10. The SMILES string of the molecule is Cc1cc(-c2ccc(C=C3C(=O)NC(=O)N(C4CCCCC4)C3=O)o2)ccc1Br. The summed E-state index contributed by atoms with van der Waals surface area (Å²) in [6.45, 7) is 1.99. The first kappa shape index (κ1) is 19.6. The fraction of sp³-hybridized carbons (Fsp3) is 0.318. The number of carbonyl (C=O) groups excluding carboxylic acids is 3. The van der Waals surface area contributed by atoms with Crippen LogP contribution in [0.2, 0.25) is 0 Å². The first-order chi connectivity index (χ1) is 13.9. The van der Waals surface area contributed by atoms with Gasteiger partial charge in [-0.2, -0.15) is 0 Å². The van der Waals surface area contributed by atoms with E-state index in [-0.39, 0.29) is 11.6 Å². The van der Waals surface area contributed by atoms with Gasteiger partial charge in [-0.3, -0.25) is 19.8 Å². The predicted octanol–water partition coefficient (Wildman–Crippen LogP) is 4.81. The molecule has 6 nitrogen and oxygen atoms in total. The summed E-state index contributed by atoms with van der Waals surface area (Å²) in [4.78, 5) is 38.7. The van der Waals surface area contributed by atoms with Crippen molar-refractivity contribution in [2.75, 3.05) is 0 Å². The minimum Gasteiger partial charge on any atom is -0.457 e. The molecule has 1 N–H and O–H groups in total. The molecule has 0 atom stereocenters. The monoisotopic (exact) mass is 456 g/mol. The smallest absolute Gasteiger partial charge is 0.331 e. The van der Waals surface area contributed by atoms with E-state index in [4.69, 9.17) is 4.42 Å². The average molecular weight is 457 g/mol. The van der Waals surface area contributed by atoms with Crippen LogP contribution >= 0.6 is 15.9 Å². The third-order valence-corrected chi connectivity index (χ3v) is 6.32. The lowest BCUT2D eigenvalue weighted by Gasteiger charge is -2.35. The highest BCUT2D eigenvalue weighted by atomic mass is 79.9. The number of furan rings is 1. The number of nitrogens with one attached hydrogen (secondary N) is 1. The minimum absolute atomic E-state index is 0.0805. The molecule has 2 aromatic rings. The minimum atomic E-state index is -0.690. The summed E-state index contributed by atoms with van der Waals surface area (Å²) in [5.41, 5.74) is 1.89. The van der Waals surface area contributed by atoms with Crippen molar-refractivity contribution < 1.29 is 18.8 Å². The van der Waals surface area contributed by atoms with Gasteiger partial charge in [-0.15, -0.1) is 0 Å². The fourth-order valence-corrected chi connectivity index (χ4v) is 4.11. The molecule has 7 heteroatoms. The number of rotatable bonds is 3. The zero-order valence-electron chi connectivity index (χ0n) is 16.0. The van der Waals surface area contributed by atoms with Gasteiger partial charge in [-0.25, -0.2) is 4.79 Å². The Morgan fingerprint density at radius 3 is 2.59 bits per heavy atom. The summed E-state index contributed by atoms with van der Waals surface area (Å²) in [7, 11) is 0. The second-order valence-electron chi connectivity index (χ2n) is 7.45. The number of imide groups is 2. The summed E-state index contributed by atoms with van der Waals surface area (Å²) in [5.74, 6) is -0.221. The maximum atomic E-state index is 12.9. The molecule has 1 saturated carbocycles. The van der Waals surface area contributed by atoms with E-state index >= 15 is 0 Å². The first-order valence-corrected chi connectivity index (χ1v) is 10.5. The lowest BCUT2D eigenvalue weighted by molar-refractivity contribution is -0.132. The van der Waals surface area contributed by atoms with Gasteiger partial charge in [0.15, 0.2) is 0 Å². The third-order valence-electron chi connectivity index (χ3n) is 5.43. The second kappa shape index (κ2) is 7.99. The van der Waals surface area contributed by atoms with E-state index in [0.717, 1.165) is 47.7 Å². The number of halogens is 1. The lowest BCUT2D eigenvalue weighted by atomic mass is 9.93. The summed E-state index contributed by atoms with van der Waals surface area (Å²) >= 11 is 3.48. The molecule has 1 aromatic heterocycles.